The van der Waals surface area contributed by atoms with Crippen LogP contribution in [0.25, 0.3) is 5.31 Å². The number of carbonyl (C=O) groups excluding carboxylic acids is 2. The van der Waals surface area contributed by atoms with Gasteiger partial charge in [0, 0.05) is 56.3 Å². The number of Topliss-reactive ketones (excluding diaryl/α,β-unsaturated/α-hetero) is 2. The second-order valence-electron chi connectivity index (χ2n) is 12.3. The molecular formula is C40H35FeO6P. The van der Waals surface area contributed by atoms with Gasteiger partial charge in [-0.25, -0.2) is 0 Å². The van der Waals surface area contributed by atoms with Crippen LogP contribution in [0.4, 0.5) is 0 Å². The zero-order chi connectivity index (χ0) is 35.7. The summed E-state index contributed by atoms with van der Waals surface area (Å²) < 4.78 is 30.0. The zero-order valence-corrected chi connectivity index (χ0v) is 29.6. The molecule has 1 heterocycles. The molecule has 2 aliphatic carbocycles. The minimum Gasteiger partial charge on any atom is 0 e. The summed E-state index contributed by atoms with van der Waals surface area (Å²) in [5.74, 6) is -0.170. The Bertz CT molecular complexity index is 1690. The fourth-order valence-corrected chi connectivity index (χ4v) is 11.4. The van der Waals surface area contributed by atoms with Crippen LogP contribution in [-0.2, 0) is 35.7 Å². The quantitative estimate of drug-likeness (QED) is 0.0638. The molecule has 48 heavy (non-hydrogen) atoms. The summed E-state index contributed by atoms with van der Waals surface area (Å²) in [6.07, 6.45) is 0. The number of benzene rings is 3. The van der Waals surface area contributed by atoms with E-state index >= 15 is 0 Å². The van der Waals surface area contributed by atoms with E-state index in [1.54, 1.807) is 0 Å². The van der Waals surface area contributed by atoms with Gasteiger partial charge < -0.3 is 0 Å². The molecule has 2 unspecified atom stereocenters. The molecule has 6 rings (SSSR count). The number of fused-ring (bicyclic) bond motifs is 2. The van der Waals surface area contributed by atoms with Gasteiger partial charge in [0.25, 0.3) is 0 Å². The summed E-state index contributed by atoms with van der Waals surface area (Å²) in [5, 5.41) is 2.72. The first-order chi connectivity index (χ1) is 22.6. The molecule has 4 atom stereocenters. The standard InChI is InChI=1S/C36H35O2P.4CO.Fe/c1-22-23(2)30-28(32(38)25-18-12-8-13-19-25)27(31(37)24-16-10-7-11-17-24)29(22)36(30,6)39-33(34(39)35(3,4)5)26-20-14-9-15-21-26;4*1-2;/h7-21,29-30H,1-6H3;;;;;/t29-,30+,36?,39?;;;;;. The summed E-state index contributed by atoms with van der Waals surface area (Å²) in [7, 11) is -0.689. The molecular weight excluding hydrogens is 663 g/mol. The fourth-order valence-electron chi connectivity index (χ4n) is 7.28. The molecule has 3 aromatic carbocycles. The van der Waals surface area contributed by atoms with Gasteiger partial charge in [-0.15, -0.1) is 0 Å². The molecule has 8 heteroatoms. The molecule has 1 aliphatic heterocycles. The van der Waals surface area contributed by atoms with Crippen LogP contribution in [0, 0.1) is 43.9 Å². The van der Waals surface area contributed by atoms with Crippen molar-refractivity contribution in [2.24, 2.45) is 17.3 Å². The molecule has 2 bridgehead atoms. The van der Waals surface area contributed by atoms with Crippen LogP contribution < -0.4 is 0 Å². The Labute approximate surface area is 294 Å². The first-order valence-electron chi connectivity index (χ1n) is 14.6. The third-order valence-corrected chi connectivity index (χ3v) is 12.5. The number of allylic oxidation sites excluding steroid dienone is 5. The van der Waals surface area contributed by atoms with Crippen molar-refractivity contribution in [3.63, 3.8) is 0 Å². The van der Waals surface area contributed by atoms with E-state index in [0.29, 0.717) is 11.1 Å². The maximum absolute atomic E-state index is 14.4. The maximum Gasteiger partial charge on any atom is 0 e. The number of hydrogen-bond acceptors (Lipinski definition) is 2. The minimum absolute atomic E-state index is 0. The van der Waals surface area contributed by atoms with E-state index in [-0.39, 0.29) is 51.0 Å². The van der Waals surface area contributed by atoms with Crippen LogP contribution in [0.1, 0.15) is 67.8 Å². The molecule has 0 spiro atoms. The van der Waals surface area contributed by atoms with Gasteiger partial charge in [0.05, 0.1) is 0 Å². The monoisotopic (exact) mass is 698 g/mol. The predicted molar refractivity (Wildman–Crippen MR) is 178 cm³/mol. The van der Waals surface area contributed by atoms with Crippen molar-refractivity contribution in [3.05, 3.63) is 162 Å². The molecule has 3 aromatic rings. The number of carbonyl (C=O) groups is 2. The Morgan fingerprint density at radius 1 is 0.625 bits per heavy atom. The second kappa shape index (κ2) is 18.0. The normalized spacial score (nSPS) is 21.2. The molecule has 0 amide bonds. The van der Waals surface area contributed by atoms with Gasteiger partial charge in [-0.05, 0) is 43.4 Å². The topological polar surface area (TPSA) is 114 Å². The van der Waals surface area contributed by atoms with Gasteiger partial charge in [-0.1, -0.05) is 130 Å². The van der Waals surface area contributed by atoms with Gasteiger partial charge in [-0.2, -0.15) is 0 Å². The first-order valence-corrected chi connectivity index (χ1v) is 16.0. The SMILES string of the molecule is CC1=C(C)[C@H]2C(C(=O)c3ccccc3)=C(C(=O)c3ccccc3)[C@@H]1C2(C)P1C(c2ccccc2)=C1C(C)(C)C.[C-]#[O+].[C-]#[O+].[C-]#[O+].[C-]#[O+].[Fe]. The third-order valence-electron chi connectivity index (χ3n) is 8.95. The molecule has 244 valence electrons. The second-order valence-corrected chi connectivity index (χ2v) is 14.9. The Morgan fingerprint density at radius 2 is 0.938 bits per heavy atom. The molecule has 3 aliphatic rings. The Hall–Kier alpha value is -3.87. The van der Waals surface area contributed by atoms with Crippen molar-refractivity contribution in [3.8, 4) is 0 Å². The van der Waals surface area contributed by atoms with Crippen molar-refractivity contribution in [2.45, 2.75) is 46.7 Å². The van der Waals surface area contributed by atoms with E-state index in [1.165, 1.54) is 27.3 Å². The Morgan fingerprint density at radius 3 is 1.25 bits per heavy atom. The van der Waals surface area contributed by atoms with Crippen LogP contribution in [0.5, 0.6) is 0 Å². The van der Waals surface area contributed by atoms with Gasteiger partial charge >= 0.3 is 45.2 Å². The summed E-state index contributed by atoms with van der Waals surface area (Å²) in [6, 6.07) is 29.7. The van der Waals surface area contributed by atoms with Gasteiger partial charge in [0.2, 0.25) is 0 Å². The van der Waals surface area contributed by atoms with E-state index in [0.717, 1.165) is 11.1 Å². The van der Waals surface area contributed by atoms with E-state index in [9.17, 15) is 9.59 Å². The fraction of sp³-hybridized carbons (Fsp3) is 0.250. The summed E-state index contributed by atoms with van der Waals surface area (Å²) in [4.78, 5) is 28.7. The van der Waals surface area contributed by atoms with Crippen LogP contribution in [-0.4, -0.2) is 16.7 Å². The summed E-state index contributed by atoms with van der Waals surface area (Å²) >= 11 is 0. The summed E-state index contributed by atoms with van der Waals surface area (Å²) in [6.45, 7) is 31.7. The molecule has 6 nitrogen and oxygen atoms in total. The largest absolute Gasteiger partial charge is 0 e. The Kier molecular flexibility index (Phi) is 15.8. The van der Waals surface area contributed by atoms with E-state index in [4.69, 9.17) is 18.6 Å². The number of ketones is 2. The number of rotatable bonds is 6. The minimum atomic E-state index is -0.689. The van der Waals surface area contributed by atoms with Crippen LogP contribution >= 0.6 is 7.92 Å². The molecule has 0 fully saturated rings. The maximum atomic E-state index is 14.4. The van der Waals surface area contributed by atoms with Crippen LogP contribution in [0.15, 0.2) is 119 Å². The van der Waals surface area contributed by atoms with Crippen molar-refractivity contribution in [2.75, 3.05) is 0 Å². The van der Waals surface area contributed by atoms with Crippen LogP contribution in [0.2, 0.25) is 0 Å². The van der Waals surface area contributed by atoms with Crippen molar-refractivity contribution in [1.82, 2.24) is 0 Å². The van der Waals surface area contributed by atoms with Crippen molar-refractivity contribution in [1.29, 1.82) is 0 Å². The predicted octanol–water partition coefficient (Wildman–Crippen LogP) is 9.16. The van der Waals surface area contributed by atoms with Gasteiger partial charge in [0.1, 0.15) is 0 Å². The van der Waals surface area contributed by atoms with Crippen molar-refractivity contribution < 1.29 is 45.3 Å². The van der Waals surface area contributed by atoms with E-state index in [1.807, 2.05) is 60.7 Å². The van der Waals surface area contributed by atoms with E-state index in [2.05, 4.69) is 98.5 Å². The zero-order valence-electron chi connectivity index (χ0n) is 27.6. The van der Waals surface area contributed by atoms with E-state index < -0.39 is 7.92 Å². The molecule has 0 saturated carbocycles. The Balaban J connectivity index is 0.00000119. The average molecular weight is 699 g/mol. The van der Waals surface area contributed by atoms with Gasteiger partial charge in [-0.3, -0.25) is 9.59 Å². The van der Waals surface area contributed by atoms with Crippen LogP contribution in [0.3, 0.4) is 0 Å². The van der Waals surface area contributed by atoms with Crippen molar-refractivity contribution >= 4 is 24.8 Å². The average Bonchev–Trinajstić information content (AvgIpc) is 3.81. The van der Waals surface area contributed by atoms with Gasteiger partial charge in [0.15, 0.2) is 11.6 Å². The molecule has 0 saturated heterocycles. The first kappa shape index (κ1) is 42.2. The summed E-state index contributed by atoms with van der Waals surface area (Å²) in [5.41, 5.74) is 6.58. The molecule has 0 aromatic heterocycles. The third kappa shape index (κ3) is 7.40. The smallest absolute Gasteiger partial charge is 0 e. The number of hydrogen-bond donors (Lipinski definition) is 0. The molecule has 0 N–H and O–H groups in total. The molecule has 0 radical (unpaired) electrons.